The minimum absolute atomic E-state index is 0.171. The number of nitrogens with one attached hydrogen (secondary N) is 1. The fraction of sp³-hybridized carbons (Fsp3) is 0.571. The Morgan fingerprint density at radius 1 is 1.00 bits per heavy atom. The summed E-state index contributed by atoms with van der Waals surface area (Å²) in [7, 11) is 0. The van der Waals surface area contributed by atoms with E-state index in [4.69, 9.17) is 4.74 Å². The molecule has 0 radical (unpaired) electrons. The fourth-order valence-electron chi connectivity index (χ4n) is 5.06. The Morgan fingerprint density at radius 2 is 1.85 bits per heavy atom. The lowest BCUT2D eigenvalue weighted by molar-refractivity contribution is 0.0304. The SMILES string of the molecule is O=C(c1cc2ccccc2[nH]1)N1C[C@H]2CC[C@@H]1CN(C1CCOCC1)C2. The number of benzene rings is 1. The summed E-state index contributed by atoms with van der Waals surface area (Å²) in [6, 6.07) is 11.1. The van der Waals surface area contributed by atoms with E-state index in [9.17, 15) is 4.79 Å². The van der Waals surface area contributed by atoms with E-state index in [1.807, 2.05) is 24.3 Å². The summed E-state index contributed by atoms with van der Waals surface area (Å²) in [5.41, 5.74) is 1.77. The molecule has 4 aliphatic rings. The molecule has 0 aliphatic carbocycles. The van der Waals surface area contributed by atoms with Gasteiger partial charge in [-0.2, -0.15) is 0 Å². The van der Waals surface area contributed by atoms with Gasteiger partial charge in [0, 0.05) is 55.8 Å². The first kappa shape index (κ1) is 16.3. The Labute approximate surface area is 154 Å². The number of hydrogen-bond acceptors (Lipinski definition) is 3. The van der Waals surface area contributed by atoms with Crippen molar-refractivity contribution < 1.29 is 9.53 Å². The number of amides is 1. The zero-order valence-electron chi connectivity index (χ0n) is 15.2. The first-order chi connectivity index (χ1) is 12.8. The van der Waals surface area contributed by atoms with E-state index in [0.717, 1.165) is 68.7 Å². The summed E-state index contributed by atoms with van der Waals surface area (Å²) >= 11 is 0. The molecule has 0 unspecified atom stereocenters. The molecule has 2 aromatic rings. The minimum atomic E-state index is 0.171. The van der Waals surface area contributed by atoms with Gasteiger partial charge in [0.2, 0.25) is 0 Å². The molecular formula is C21H27N3O2. The second-order valence-electron chi connectivity index (χ2n) is 8.12. The standard InChI is InChI=1S/C21H27N3O2/c25-21(20-11-16-3-1-2-4-19(16)22-20)24-13-15-5-6-18(24)14-23(12-15)17-7-9-26-10-8-17/h1-4,11,15,17-18,22H,5-10,12-14H2/t15-,18+/m0/s1. The van der Waals surface area contributed by atoms with E-state index in [0.29, 0.717) is 18.0 Å². The van der Waals surface area contributed by atoms with Crippen molar-refractivity contribution in [2.75, 3.05) is 32.8 Å². The summed E-state index contributed by atoms with van der Waals surface area (Å²) in [4.78, 5) is 21.4. The highest BCUT2D eigenvalue weighted by atomic mass is 16.5. The normalized spacial score (nSPS) is 27.8. The van der Waals surface area contributed by atoms with Gasteiger partial charge in [-0.05, 0) is 43.7 Å². The van der Waals surface area contributed by atoms with Crippen LogP contribution in [0.4, 0.5) is 0 Å². The smallest absolute Gasteiger partial charge is 0.270 e. The second-order valence-corrected chi connectivity index (χ2v) is 8.12. The zero-order valence-corrected chi connectivity index (χ0v) is 15.2. The second kappa shape index (κ2) is 6.71. The number of piperidine rings is 1. The van der Waals surface area contributed by atoms with E-state index < -0.39 is 0 Å². The van der Waals surface area contributed by atoms with Crippen molar-refractivity contribution in [2.45, 2.75) is 37.8 Å². The van der Waals surface area contributed by atoms with Crippen molar-refractivity contribution >= 4 is 16.8 Å². The van der Waals surface area contributed by atoms with Gasteiger partial charge in [-0.15, -0.1) is 0 Å². The molecule has 6 rings (SSSR count). The van der Waals surface area contributed by atoms with Gasteiger partial charge in [-0.1, -0.05) is 18.2 Å². The van der Waals surface area contributed by atoms with E-state index in [2.05, 4.69) is 20.9 Å². The molecule has 5 nitrogen and oxygen atoms in total. The highest BCUT2D eigenvalue weighted by molar-refractivity contribution is 5.98. The van der Waals surface area contributed by atoms with Crippen molar-refractivity contribution in [3.63, 3.8) is 0 Å². The van der Waals surface area contributed by atoms with Gasteiger partial charge in [0.05, 0.1) is 0 Å². The molecule has 0 spiro atoms. The maximum Gasteiger partial charge on any atom is 0.270 e. The van der Waals surface area contributed by atoms with Gasteiger partial charge < -0.3 is 14.6 Å². The molecule has 5 heteroatoms. The molecule has 1 aromatic carbocycles. The number of rotatable bonds is 2. The Morgan fingerprint density at radius 3 is 2.69 bits per heavy atom. The molecule has 1 aromatic heterocycles. The molecule has 138 valence electrons. The van der Waals surface area contributed by atoms with Crippen LogP contribution in [0.5, 0.6) is 0 Å². The van der Waals surface area contributed by atoms with Crippen LogP contribution in [0.25, 0.3) is 10.9 Å². The third-order valence-electron chi connectivity index (χ3n) is 6.47. The van der Waals surface area contributed by atoms with Crippen LogP contribution in [0.2, 0.25) is 0 Å². The monoisotopic (exact) mass is 353 g/mol. The van der Waals surface area contributed by atoms with E-state index >= 15 is 0 Å². The fourth-order valence-corrected chi connectivity index (χ4v) is 5.06. The van der Waals surface area contributed by atoms with E-state index in [1.165, 1.54) is 6.42 Å². The lowest BCUT2D eigenvalue weighted by Gasteiger charge is -2.36. The van der Waals surface area contributed by atoms with Crippen LogP contribution in [-0.4, -0.2) is 65.6 Å². The molecule has 26 heavy (non-hydrogen) atoms. The number of carbonyl (C=O) groups excluding carboxylic acids is 1. The van der Waals surface area contributed by atoms with Crippen molar-refractivity contribution in [3.05, 3.63) is 36.0 Å². The van der Waals surface area contributed by atoms with Crippen molar-refractivity contribution in [3.8, 4) is 0 Å². The van der Waals surface area contributed by atoms with Crippen LogP contribution in [0.15, 0.2) is 30.3 Å². The molecular weight excluding hydrogens is 326 g/mol. The summed E-state index contributed by atoms with van der Waals surface area (Å²) in [6.45, 7) is 4.83. The van der Waals surface area contributed by atoms with Gasteiger partial charge in [-0.3, -0.25) is 9.69 Å². The van der Waals surface area contributed by atoms with Gasteiger partial charge in [-0.25, -0.2) is 0 Å². The Hall–Kier alpha value is -1.85. The third kappa shape index (κ3) is 2.93. The Bertz CT molecular complexity index is 762. The lowest BCUT2D eigenvalue weighted by atomic mass is 9.94. The van der Waals surface area contributed by atoms with Gasteiger partial charge in [0.1, 0.15) is 5.69 Å². The van der Waals surface area contributed by atoms with E-state index in [1.54, 1.807) is 0 Å². The molecule has 1 N–H and O–H groups in total. The lowest BCUT2D eigenvalue weighted by Crippen LogP contribution is -2.48. The van der Waals surface area contributed by atoms with Crippen LogP contribution in [0.1, 0.15) is 36.2 Å². The van der Waals surface area contributed by atoms with Crippen LogP contribution >= 0.6 is 0 Å². The number of H-pyrrole nitrogens is 1. The number of para-hydroxylation sites is 1. The number of carbonyl (C=O) groups is 1. The molecule has 2 bridgehead atoms. The van der Waals surface area contributed by atoms with Crippen molar-refractivity contribution in [1.82, 2.24) is 14.8 Å². The molecule has 0 saturated carbocycles. The predicted molar refractivity (Wildman–Crippen MR) is 101 cm³/mol. The molecule has 2 atom stereocenters. The summed E-state index contributed by atoms with van der Waals surface area (Å²) in [6.07, 6.45) is 4.65. The zero-order chi connectivity index (χ0) is 17.5. The van der Waals surface area contributed by atoms with Crippen LogP contribution in [-0.2, 0) is 4.74 Å². The van der Waals surface area contributed by atoms with Crippen molar-refractivity contribution in [2.24, 2.45) is 5.92 Å². The van der Waals surface area contributed by atoms with Gasteiger partial charge in [0.15, 0.2) is 0 Å². The molecule has 1 amide bonds. The Kier molecular flexibility index (Phi) is 4.21. The molecule has 5 heterocycles. The maximum absolute atomic E-state index is 13.3. The quantitative estimate of drug-likeness (QED) is 0.903. The molecule has 4 aliphatic heterocycles. The summed E-state index contributed by atoms with van der Waals surface area (Å²) < 4.78 is 5.54. The highest BCUT2D eigenvalue weighted by Gasteiger charge is 2.39. The van der Waals surface area contributed by atoms with Crippen LogP contribution < -0.4 is 0 Å². The predicted octanol–water partition coefficient (Wildman–Crippen LogP) is 2.88. The van der Waals surface area contributed by atoms with Gasteiger partial charge in [0.25, 0.3) is 5.91 Å². The Balaban J connectivity index is 1.37. The number of ether oxygens (including phenoxy) is 1. The first-order valence-corrected chi connectivity index (χ1v) is 9.98. The number of aromatic amines is 1. The maximum atomic E-state index is 13.3. The number of nitrogens with zero attached hydrogens (tertiary/aromatic N) is 2. The van der Waals surface area contributed by atoms with Crippen LogP contribution in [0, 0.1) is 5.92 Å². The molecule has 4 saturated heterocycles. The minimum Gasteiger partial charge on any atom is -0.381 e. The summed E-state index contributed by atoms with van der Waals surface area (Å²) in [5, 5.41) is 1.11. The largest absolute Gasteiger partial charge is 0.381 e. The highest BCUT2D eigenvalue weighted by Crippen LogP contribution is 2.32. The number of hydrogen-bond donors (Lipinski definition) is 1. The van der Waals surface area contributed by atoms with Crippen molar-refractivity contribution in [1.29, 1.82) is 0 Å². The third-order valence-corrected chi connectivity index (χ3v) is 6.47. The number of aromatic nitrogens is 1. The topological polar surface area (TPSA) is 48.6 Å². The molecule has 4 fully saturated rings. The first-order valence-electron chi connectivity index (χ1n) is 9.98. The van der Waals surface area contributed by atoms with Crippen LogP contribution in [0.3, 0.4) is 0 Å². The summed E-state index contributed by atoms with van der Waals surface area (Å²) in [5.74, 6) is 0.773. The van der Waals surface area contributed by atoms with E-state index in [-0.39, 0.29) is 5.91 Å². The number of fused-ring (bicyclic) bond motifs is 5. The average molecular weight is 353 g/mol. The average Bonchev–Trinajstić information content (AvgIpc) is 2.91. The van der Waals surface area contributed by atoms with Gasteiger partial charge >= 0.3 is 0 Å².